The van der Waals surface area contributed by atoms with Crippen molar-refractivity contribution in [2.24, 2.45) is 0 Å². The monoisotopic (exact) mass is 288 g/mol. The van der Waals surface area contributed by atoms with Crippen molar-refractivity contribution in [1.82, 2.24) is 0 Å². The van der Waals surface area contributed by atoms with Crippen LogP contribution in [0.4, 0.5) is 13.2 Å². The van der Waals surface area contributed by atoms with Crippen molar-refractivity contribution < 1.29 is 26.3 Å². The highest BCUT2D eigenvalue weighted by Crippen LogP contribution is 2.29. The molecule has 0 heterocycles. The summed E-state index contributed by atoms with van der Waals surface area (Å²) in [6.07, 6.45) is -4.54. The van der Waals surface area contributed by atoms with Crippen molar-refractivity contribution in [2.45, 2.75) is 18.0 Å². The van der Waals surface area contributed by atoms with Gasteiger partial charge in [-0.05, 0) is 24.6 Å². The number of alkyl halides is 3. The van der Waals surface area contributed by atoms with E-state index in [2.05, 4.69) is 4.74 Å². The Kier molecular flexibility index (Phi) is 3.93. The Morgan fingerprint density at radius 2 is 1.94 bits per heavy atom. The first-order chi connectivity index (χ1) is 7.59. The molecule has 1 aromatic rings. The van der Waals surface area contributed by atoms with Crippen molar-refractivity contribution in [2.75, 3.05) is 6.61 Å². The van der Waals surface area contributed by atoms with Crippen LogP contribution in [0.5, 0.6) is 5.75 Å². The summed E-state index contributed by atoms with van der Waals surface area (Å²) in [6, 6.07) is 3.71. The maximum absolute atomic E-state index is 11.9. The van der Waals surface area contributed by atoms with Gasteiger partial charge in [0.25, 0.3) is 9.05 Å². The van der Waals surface area contributed by atoms with E-state index in [9.17, 15) is 21.6 Å². The third-order valence-corrected chi connectivity index (χ3v) is 3.10. The number of aryl methyl sites for hydroxylation is 1. The van der Waals surface area contributed by atoms with Gasteiger partial charge in [-0.25, -0.2) is 8.42 Å². The summed E-state index contributed by atoms with van der Waals surface area (Å²) in [6.45, 7) is 0.00851. The zero-order valence-corrected chi connectivity index (χ0v) is 10.2. The van der Waals surface area contributed by atoms with Gasteiger partial charge in [0.05, 0.1) is 0 Å². The van der Waals surface area contributed by atoms with Crippen molar-refractivity contribution in [3.8, 4) is 5.75 Å². The SMILES string of the molecule is Cc1ccc(OCC(F)(F)F)c(S(=O)(=O)Cl)c1. The quantitative estimate of drug-likeness (QED) is 0.803. The van der Waals surface area contributed by atoms with Gasteiger partial charge in [0.2, 0.25) is 0 Å². The average molecular weight is 289 g/mol. The highest BCUT2D eigenvalue weighted by atomic mass is 35.7. The first-order valence-electron chi connectivity index (χ1n) is 4.34. The number of hydrogen-bond acceptors (Lipinski definition) is 3. The Hall–Kier alpha value is -0.950. The molecule has 96 valence electrons. The Labute approximate surface area is 101 Å². The van der Waals surface area contributed by atoms with E-state index in [1.54, 1.807) is 6.92 Å². The van der Waals surface area contributed by atoms with Crippen LogP contribution in [0, 0.1) is 6.92 Å². The van der Waals surface area contributed by atoms with Gasteiger partial charge < -0.3 is 4.74 Å². The largest absolute Gasteiger partial charge is 0.483 e. The summed E-state index contributed by atoms with van der Waals surface area (Å²) in [5, 5.41) is 0. The molecular weight excluding hydrogens is 281 g/mol. The summed E-state index contributed by atoms with van der Waals surface area (Å²) >= 11 is 0. The van der Waals surface area contributed by atoms with E-state index in [1.807, 2.05) is 0 Å². The molecule has 3 nitrogen and oxygen atoms in total. The summed E-state index contributed by atoms with van der Waals surface area (Å²) < 4.78 is 62.5. The lowest BCUT2D eigenvalue weighted by Gasteiger charge is -2.12. The number of rotatable bonds is 3. The number of halogens is 4. The predicted octanol–water partition coefficient (Wildman–Crippen LogP) is 2.86. The first-order valence-corrected chi connectivity index (χ1v) is 6.65. The summed E-state index contributed by atoms with van der Waals surface area (Å²) in [4.78, 5) is -0.469. The van der Waals surface area contributed by atoms with Gasteiger partial charge in [-0.1, -0.05) is 6.07 Å². The third-order valence-electron chi connectivity index (χ3n) is 1.75. The van der Waals surface area contributed by atoms with Crippen LogP contribution >= 0.6 is 10.7 Å². The molecule has 0 radical (unpaired) electrons. The highest BCUT2D eigenvalue weighted by molar-refractivity contribution is 8.13. The molecule has 0 amide bonds. The smallest absolute Gasteiger partial charge is 0.422 e. The van der Waals surface area contributed by atoms with Gasteiger partial charge in [-0.15, -0.1) is 0 Å². The molecule has 0 saturated heterocycles. The zero-order chi connectivity index (χ0) is 13.3. The lowest BCUT2D eigenvalue weighted by Crippen LogP contribution is -2.19. The molecule has 0 fully saturated rings. The fourth-order valence-electron chi connectivity index (χ4n) is 1.08. The summed E-state index contributed by atoms with van der Waals surface area (Å²) in [5.74, 6) is -0.414. The zero-order valence-electron chi connectivity index (χ0n) is 8.58. The van der Waals surface area contributed by atoms with Gasteiger partial charge in [0.15, 0.2) is 6.61 Å². The lowest BCUT2D eigenvalue weighted by molar-refractivity contribution is -0.153. The third kappa shape index (κ3) is 4.43. The predicted molar refractivity (Wildman–Crippen MR) is 55.8 cm³/mol. The summed E-state index contributed by atoms with van der Waals surface area (Å²) in [5.41, 5.74) is 0.545. The van der Waals surface area contributed by atoms with Crippen molar-refractivity contribution >= 4 is 19.7 Å². The van der Waals surface area contributed by atoms with E-state index in [4.69, 9.17) is 10.7 Å². The van der Waals surface area contributed by atoms with E-state index < -0.39 is 32.5 Å². The van der Waals surface area contributed by atoms with Crippen molar-refractivity contribution in [1.29, 1.82) is 0 Å². The first kappa shape index (κ1) is 14.1. The normalized spacial score (nSPS) is 12.5. The molecule has 0 aliphatic carbocycles. The van der Waals surface area contributed by atoms with Gasteiger partial charge in [-0.2, -0.15) is 13.2 Å². The number of ether oxygens (including phenoxy) is 1. The van der Waals surface area contributed by atoms with Crippen LogP contribution in [0.15, 0.2) is 23.1 Å². The van der Waals surface area contributed by atoms with Crippen molar-refractivity contribution in [3.63, 3.8) is 0 Å². The van der Waals surface area contributed by atoms with Crippen molar-refractivity contribution in [3.05, 3.63) is 23.8 Å². The van der Waals surface area contributed by atoms with E-state index >= 15 is 0 Å². The fourth-order valence-corrected chi connectivity index (χ4v) is 2.14. The van der Waals surface area contributed by atoms with Gasteiger partial charge in [-0.3, -0.25) is 0 Å². The molecule has 0 aromatic heterocycles. The number of hydrogen-bond donors (Lipinski definition) is 0. The number of benzene rings is 1. The van der Waals surface area contributed by atoms with Crippen LogP contribution in [0.25, 0.3) is 0 Å². The molecule has 0 saturated carbocycles. The standard InChI is InChI=1S/C9H8ClF3O3S/c1-6-2-3-7(16-5-9(11,12)13)8(4-6)17(10,14)15/h2-4H,5H2,1H3. The van der Waals surface area contributed by atoms with E-state index in [1.165, 1.54) is 6.07 Å². The van der Waals surface area contributed by atoms with Crippen LogP contribution in [0.3, 0.4) is 0 Å². The molecule has 1 aromatic carbocycles. The second-order valence-electron chi connectivity index (χ2n) is 3.29. The Morgan fingerprint density at radius 3 is 2.41 bits per heavy atom. The van der Waals surface area contributed by atoms with Crippen LogP contribution in [0.2, 0.25) is 0 Å². The minimum absolute atomic E-state index is 0.414. The fraction of sp³-hybridized carbons (Fsp3) is 0.333. The maximum atomic E-state index is 11.9. The van der Waals surface area contributed by atoms with E-state index in [0.29, 0.717) is 5.56 Å². The summed E-state index contributed by atoms with van der Waals surface area (Å²) in [7, 11) is 0.953. The molecule has 0 bridgehead atoms. The van der Waals surface area contributed by atoms with Crippen LogP contribution < -0.4 is 4.74 Å². The molecule has 8 heteroatoms. The van der Waals surface area contributed by atoms with E-state index in [-0.39, 0.29) is 0 Å². The van der Waals surface area contributed by atoms with Crippen LogP contribution in [-0.2, 0) is 9.05 Å². The Morgan fingerprint density at radius 1 is 1.35 bits per heavy atom. The Bertz CT molecular complexity index is 511. The lowest BCUT2D eigenvalue weighted by atomic mass is 10.2. The minimum Gasteiger partial charge on any atom is -0.483 e. The molecule has 17 heavy (non-hydrogen) atoms. The second kappa shape index (κ2) is 4.73. The molecule has 1 rings (SSSR count). The van der Waals surface area contributed by atoms with Gasteiger partial charge in [0, 0.05) is 10.7 Å². The molecule has 0 atom stereocenters. The Balaban J connectivity index is 3.08. The van der Waals surface area contributed by atoms with Crippen LogP contribution in [-0.4, -0.2) is 21.2 Å². The highest BCUT2D eigenvalue weighted by Gasteiger charge is 2.29. The van der Waals surface area contributed by atoms with E-state index in [0.717, 1.165) is 12.1 Å². The molecule has 0 N–H and O–H groups in total. The maximum Gasteiger partial charge on any atom is 0.422 e. The minimum atomic E-state index is -4.54. The average Bonchev–Trinajstić information content (AvgIpc) is 2.13. The molecule has 0 aliphatic rings. The molecular formula is C9H8ClF3O3S. The topological polar surface area (TPSA) is 43.4 Å². The van der Waals surface area contributed by atoms with Crippen LogP contribution in [0.1, 0.15) is 5.56 Å². The molecule has 0 spiro atoms. The second-order valence-corrected chi connectivity index (χ2v) is 5.83. The molecule has 0 unspecified atom stereocenters. The van der Waals surface area contributed by atoms with Gasteiger partial charge in [0.1, 0.15) is 10.6 Å². The molecule has 0 aliphatic heterocycles. The van der Waals surface area contributed by atoms with Gasteiger partial charge >= 0.3 is 6.18 Å².